The number of amides is 2. The van der Waals surface area contributed by atoms with E-state index in [2.05, 4.69) is 20.6 Å². The molecule has 0 saturated heterocycles. The van der Waals surface area contributed by atoms with Crippen molar-refractivity contribution >= 4 is 21.7 Å². The molecule has 2 aliphatic carbocycles. The maximum absolute atomic E-state index is 14.0. The first-order chi connectivity index (χ1) is 22.3. The Balaban J connectivity index is 1.59. The van der Waals surface area contributed by atoms with E-state index < -0.39 is 81.0 Å². The third-order valence-corrected chi connectivity index (χ3v) is 11.4. The van der Waals surface area contributed by atoms with E-state index >= 15 is 0 Å². The number of aromatic nitrogens is 2. The topological polar surface area (TPSA) is 161 Å². The smallest absolute Gasteiger partial charge is 0.243 e. The number of imidazole rings is 1. The molecule has 1 heterocycles. The Hall–Kier alpha value is -2.76. The van der Waals surface area contributed by atoms with Crippen LogP contribution in [0.4, 0.5) is 0 Å². The van der Waals surface area contributed by atoms with Gasteiger partial charge in [0.05, 0.1) is 34.9 Å². The van der Waals surface area contributed by atoms with E-state index in [0.717, 1.165) is 37.7 Å². The van der Waals surface area contributed by atoms with E-state index in [0.29, 0.717) is 5.69 Å². The van der Waals surface area contributed by atoms with Gasteiger partial charge in [0.2, 0.25) is 11.8 Å². The lowest BCUT2D eigenvalue weighted by Crippen LogP contribution is -2.57. The largest absolute Gasteiger partial charge is 0.390 e. The lowest BCUT2D eigenvalue weighted by atomic mass is 9.82. The minimum atomic E-state index is -3.75. The van der Waals surface area contributed by atoms with Crippen LogP contribution in [0.3, 0.4) is 0 Å². The third-order valence-electron chi connectivity index (χ3n) is 8.72. The van der Waals surface area contributed by atoms with Crippen LogP contribution in [-0.4, -0.2) is 75.2 Å². The van der Waals surface area contributed by atoms with Crippen LogP contribution in [0, 0.1) is 17.8 Å². The van der Waals surface area contributed by atoms with Crippen LogP contribution in [0.2, 0.25) is 0 Å². The minimum Gasteiger partial charge on any atom is -0.390 e. The molecule has 2 aromatic rings. The first kappa shape index (κ1) is 28.7. The Labute approximate surface area is 267 Å². The summed E-state index contributed by atoms with van der Waals surface area (Å²) in [6.07, 6.45) is -0.203. The number of benzene rings is 1. The van der Waals surface area contributed by atoms with Crippen molar-refractivity contribution in [2.75, 3.05) is 5.75 Å². The molecule has 1 aromatic carbocycles. The predicted octanol–water partition coefficient (Wildman–Crippen LogP) is 3.10. The van der Waals surface area contributed by atoms with E-state index in [4.69, 9.17) is 5.48 Å². The third kappa shape index (κ3) is 9.62. The van der Waals surface area contributed by atoms with Crippen LogP contribution in [0.25, 0.3) is 0 Å². The maximum atomic E-state index is 14.0. The molecular formula is C33H50N4O6S. The second-order valence-electron chi connectivity index (χ2n) is 13.2. The molecule has 2 amide bonds. The minimum absolute atomic E-state index is 0.0375. The van der Waals surface area contributed by atoms with Gasteiger partial charge in [0.15, 0.2) is 9.84 Å². The average Bonchev–Trinajstić information content (AvgIpc) is 3.32. The Morgan fingerprint density at radius 1 is 1.05 bits per heavy atom. The Morgan fingerprint density at radius 2 is 1.73 bits per heavy atom. The highest BCUT2D eigenvalue weighted by molar-refractivity contribution is 7.92. The molecule has 5 atom stereocenters. The van der Waals surface area contributed by atoms with Gasteiger partial charge in [-0.2, -0.15) is 0 Å². The van der Waals surface area contributed by atoms with Gasteiger partial charge >= 0.3 is 0 Å². The first-order valence-electron chi connectivity index (χ1n) is 17.6. The summed E-state index contributed by atoms with van der Waals surface area (Å²) in [5.41, 5.74) is 1.27. The van der Waals surface area contributed by atoms with Gasteiger partial charge in [-0.25, -0.2) is 13.4 Å². The zero-order chi connectivity index (χ0) is 35.5. The number of H-pyrrole nitrogens is 1. The van der Waals surface area contributed by atoms with Crippen LogP contribution < -0.4 is 10.6 Å². The molecule has 2 aliphatic rings. The fourth-order valence-electron chi connectivity index (χ4n) is 5.76. The van der Waals surface area contributed by atoms with Crippen molar-refractivity contribution in [3.05, 3.63) is 54.1 Å². The number of aromatic amines is 1. The number of rotatable bonds is 15. The molecule has 1 aromatic heterocycles. The second-order valence-corrected chi connectivity index (χ2v) is 16.0. The van der Waals surface area contributed by atoms with Crippen molar-refractivity contribution in [1.29, 1.82) is 0 Å². The standard InChI is InChI=1S/C33H50N4O6S/c1-33(2,3)44(42,43)20-25(16-22-10-6-4-7-11-22)31(40)37-28(18-26-19-34-21-35-26)32(41)36-27(17-23-12-8-5-9-13-23)30(39)29(38)24-14-15-24/h4,6-7,10-11,19,21,23-25,27-30,38-39H,5,8-9,12-18,20H2,1-3H3,(H,34,35)(H,36,41)(H,37,40)/t25-,27+,28+,29+,30-/m1/s1/i14D2,15D2. The van der Waals surface area contributed by atoms with Crippen LogP contribution in [-0.2, 0) is 32.3 Å². The number of sulfone groups is 1. The Kier molecular flexibility index (Phi) is 9.79. The van der Waals surface area contributed by atoms with Crippen LogP contribution in [0.5, 0.6) is 0 Å². The second kappa shape index (κ2) is 15.0. The quantitative estimate of drug-likeness (QED) is 0.201. The number of aliphatic hydroxyl groups is 2. The van der Waals surface area contributed by atoms with Gasteiger partial charge in [0.25, 0.3) is 0 Å². The normalized spacial score (nSPS) is 23.5. The molecule has 0 radical (unpaired) electrons. The zero-order valence-corrected chi connectivity index (χ0v) is 26.6. The summed E-state index contributed by atoms with van der Waals surface area (Å²) < 4.78 is 57.4. The van der Waals surface area contributed by atoms with Gasteiger partial charge in [0.1, 0.15) is 12.1 Å². The molecular weight excluding hydrogens is 580 g/mol. The summed E-state index contributed by atoms with van der Waals surface area (Å²) in [4.78, 5) is 34.9. The van der Waals surface area contributed by atoms with Crippen LogP contribution >= 0.6 is 0 Å². The summed E-state index contributed by atoms with van der Waals surface area (Å²) in [5.74, 6) is -4.18. The number of hydrogen-bond acceptors (Lipinski definition) is 7. The summed E-state index contributed by atoms with van der Waals surface area (Å²) in [6, 6.07) is 6.70. The van der Waals surface area contributed by atoms with E-state index in [1.165, 1.54) is 12.5 Å². The number of nitrogens with one attached hydrogen (secondary N) is 3. The van der Waals surface area contributed by atoms with Gasteiger partial charge in [-0.05, 0) is 63.8 Å². The number of nitrogens with zero attached hydrogens (tertiary/aromatic N) is 1. The molecule has 10 nitrogen and oxygen atoms in total. The molecule has 0 bridgehead atoms. The van der Waals surface area contributed by atoms with E-state index in [1.807, 2.05) is 6.07 Å². The molecule has 5 N–H and O–H groups in total. The lowest BCUT2D eigenvalue weighted by Gasteiger charge is -2.33. The summed E-state index contributed by atoms with van der Waals surface area (Å²) in [7, 11) is -3.75. The van der Waals surface area contributed by atoms with Crippen molar-refractivity contribution in [3.63, 3.8) is 0 Å². The van der Waals surface area contributed by atoms with Crippen molar-refractivity contribution in [2.24, 2.45) is 17.8 Å². The van der Waals surface area contributed by atoms with Crippen LogP contribution in [0.15, 0.2) is 42.9 Å². The summed E-state index contributed by atoms with van der Waals surface area (Å²) in [6.45, 7) is 4.71. The predicted molar refractivity (Wildman–Crippen MR) is 169 cm³/mol. The molecule has 2 saturated carbocycles. The number of aliphatic hydroxyl groups excluding tert-OH is 2. The highest BCUT2D eigenvalue weighted by Gasteiger charge is 2.41. The number of hydrogen-bond donors (Lipinski definition) is 5. The highest BCUT2D eigenvalue weighted by atomic mass is 32.2. The maximum Gasteiger partial charge on any atom is 0.243 e. The molecule has 244 valence electrons. The van der Waals surface area contributed by atoms with Gasteiger partial charge in [-0.15, -0.1) is 0 Å². The van der Waals surface area contributed by atoms with Crippen molar-refractivity contribution < 1.29 is 33.7 Å². The van der Waals surface area contributed by atoms with Crippen molar-refractivity contribution in [3.8, 4) is 0 Å². The average molecular weight is 635 g/mol. The Morgan fingerprint density at radius 3 is 2.32 bits per heavy atom. The van der Waals surface area contributed by atoms with Gasteiger partial charge in [0, 0.05) is 23.8 Å². The van der Waals surface area contributed by atoms with Gasteiger partial charge < -0.3 is 25.8 Å². The van der Waals surface area contributed by atoms with Gasteiger partial charge in [-0.3, -0.25) is 9.59 Å². The van der Waals surface area contributed by atoms with E-state index in [-0.39, 0.29) is 25.2 Å². The molecule has 0 aliphatic heterocycles. The molecule has 11 heteroatoms. The Bertz CT molecular complexity index is 1470. The monoisotopic (exact) mass is 634 g/mol. The lowest BCUT2D eigenvalue weighted by molar-refractivity contribution is -0.132. The summed E-state index contributed by atoms with van der Waals surface area (Å²) >= 11 is 0. The molecule has 2 fully saturated rings. The summed E-state index contributed by atoms with van der Waals surface area (Å²) in [5, 5.41) is 27.9. The molecule has 0 unspecified atom stereocenters. The highest BCUT2D eigenvalue weighted by Crippen LogP contribution is 2.36. The van der Waals surface area contributed by atoms with E-state index in [1.54, 1.807) is 45.0 Å². The number of carbonyl (C=O) groups is 2. The molecule has 0 spiro atoms. The molecule has 44 heavy (non-hydrogen) atoms. The molecule has 4 rings (SSSR count). The first-order valence-corrected chi connectivity index (χ1v) is 17.2. The SMILES string of the molecule is [2H]C1([2H])C([C@H](O)[C@H](O)[C@H](CC2CCCCC2)NC(=O)[C@H](Cc2cnc[nH]2)NC(=O)[C@H](Cc2ccccc2)CS(=O)(=O)C(C)(C)C)C1([2H])[2H]. The zero-order valence-electron chi connectivity index (χ0n) is 29.8. The van der Waals surface area contributed by atoms with Crippen molar-refractivity contribution in [1.82, 2.24) is 20.6 Å². The van der Waals surface area contributed by atoms with Gasteiger partial charge in [-0.1, -0.05) is 62.4 Å². The fraction of sp³-hybridized carbons (Fsp3) is 0.667. The van der Waals surface area contributed by atoms with Crippen molar-refractivity contribution in [2.45, 2.75) is 114 Å². The van der Waals surface area contributed by atoms with Crippen LogP contribution in [0.1, 0.15) is 88.8 Å². The number of carbonyl (C=O) groups excluding carboxylic acids is 2. The fourth-order valence-corrected chi connectivity index (χ4v) is 7.06. The van der Waals surface area contributed by atoms with E-state index in [9.17, 15) is 28.2 Å².